The summed E-state index contributed by atoms with van der Waals surface area (Å²) in [6, 6.07) is 28.0. The van der Waals surface area contributed by atoms with Crippen molar-refractivity contribution in [2.24, 2.45) is 0 Å². The minimum absolute atomic E-state index is 0.0607. The SMILES string of the molecule is O=C(NCCOCc1ccccc1)c1ccccc1SCc1ccccc1. The highest BCUT2D eigenvalue weighted by atomic mass is 32.2. The molecule has 3 nitrogen and oxygen atoms in total. The summed E-state index contributed by atoms with van der Waals surface area (Å²) < 4.78 is 5.62. The quantitative estimate of drug-likeness (QED) is 0.425. The molecule has 0 aliphatic rings. The van der Waals surface area contributed by atoms with E-state index in [1.54, 1.807) is 11.8 Å². The molecule has 1 N–H and O–H groups in total. The summed E-state index contributed by atoms with van der Waals surface area (Å²) >= 11 is 1.68. The van der Waals surface area contributed by atoms with Crippen LogP contribution in [0, 0.1) is 0 Å². The van der Waals surface area contributed by atoms with Crippen LogP contribution < -0.4 is 5.32 Å². The monoisotopic (exact) mass is 377 g/mol. The van der Waals surface area contributed by atoms with Gasteiger partial charge in [-0.3, -0.25) is 4.79 Å². The van der Waals surface area contributed by atoms with Crippen molar-refractivity contribution in [2.45, 2.75) is 17.3 Å². The van der Waals surface area contributed by atoms with Gasteiger partial charge >= 0.3 is 0 Å². The summed E-state index contributed by atoms with van der Waals surface area (Å²) in [4.78, 5) is 13.5. The van der Waals surface area contributed by atoms with E-state index in [0.29, 0.717) is 25.3 Å². The lowest BCUT2D eigenvalue weighted by Gasteiger charge is -2.10. The second kappa shape index (κ2) is 10.6. The van der Waals surface area contributed by atoms with Crippen molar-refractivity contribution in [3.05, 3.63) is 102 Å². The Morgan fingerprint density at radius 3 is 2.19 bits per heavy atom. The van der Waals surface area contributed by atoms with Gasteiger partial charge in [0.25, 0.3) is 5.91 Å². The van der Waals surface area contributed by atoms with Crippen LogP contribution in [0.2, 0.25) is 0 Å². The third kappa shape index (κ3) is 6.27. The standard InChI is InChI=1S/C23H23NO2S/c25-23(24-15-16-26-17-19-9-3-1-4-10-19)21-13-7-8-14-22(21)27-18-20-11-5-2-6-12-20/h1-14H,15-18H2,(H,24,25). The largest absolute Gasteiger partial charge is 0.375 e. The van der Waals surface area contributed by atoms with Crippen LogP contribution >= 0.6 is 11.8 Å². The Kier molecular flexibility index (Phi) is 7.51. The molecule has 0 aliphatic carbocycles. The normalized spacial score (nSPS) is 10.5. The number of hydrogen-bond acceptors (Lipinski definition) is 3. The Balaban J connectivity index is 1.46. The summed E-state index contributed by atoms with van der Waals surface area (Å²) in [5, 5.41) is 2.95. The number of benzene rings is 3. The molecular formula is C23H23NO2S. The number of carbonyl (C=O) groups is 1. The summed E-state index contributed by atoms with van der Waals surface area (Å²) in [6.45, 7) is 1.53. The first-order valence-corrected chi connectivity index (χ1v) is 9.97. The van der Waals surface area contributed by atoms with Gasteiger partial charge in [0.2, 0.25) is 0 Å². The zero-order chi connectivity index (χ0) is 18.7. The number of ether oxygens (including phenoxy) is 1. The molecule has 3 rings (SSSR count). The van der Waals surface area contributed by atoms with Crippen LogP contribution in [0.5, 0.6) is 0 Å². The summed E-state index contributed by atoms with van der Waals surface area (Å²) in [6.07, 6.45) is 0. The van der Waals surface area contributed by atoms with Gasteiger partial charge in [-0.05, 0) is 23.3 Å². The first-order chi connectivity index (χ1) is 13.3. The van der Waals surface area contributed by atoms with E-state index in [9.17, 15) is 4.79 Å². The highest BCUT2D eigenvalue weighted by Gasteiger charge is 2.11. The topological polar surface area (TPSA) is 38.3 Å². The molecule has 0 unspecified atom stereocenters. The maximum Gasteiger partial charge on any atom is 0.252 e. The Hall–Kier alpha value is -2.56. The number of carbonyl (C=O) groups excluding carboxylic acids is 1. The zero-order valence-electron chi connectivity index (χ0n) is 15.1. The van der Waals surface area contributed by atoms with E-state index in [-0.39, 0.29) is 5.91 Å². The van der Waals surface area contributed by atoms with Crippen molar-refractivity contribution in [2.75, 3.05) is 13.2 Å². The molecule has 4 heteroatoms. The van der Waals surface area contributed by atoms with Gasteiger partial charge in [0.05, 0.1) is 18.8 Å². The average Bonchev–Trinajstić information content (AvgIpc) is 2.73. The maximum atomic E-state index is 12.5. The number of rotatable bonds is 9. The third-order valence-corrected chi connectivity index (χ3v) is 5.16. The molecule has 3 aromatic rings. The molecule has 0 atom stereocenters. The molecule has 0 radical (unpaired) electrons. The molecule has 0 aromatic heterocycles. The van der Waals surface area contributed by atoms with Gasteiger partial charge in [-0.25, -0.2) is 0 Å². The van der Waals surface area contributed by atoms with E-state index in [1.165, 1.54) is 5.56 Å². The van der Waals surface area contributed by atoms with E-state index < -0.39 is 0 Å². The second-order valence-electron chi connectivity index (χ2n) is 6.06. The molecule has 27 heavy (non-hydrogen) atoms. The van der Waals surface area contributed by atoms with Gasteiger partial charge in [0, 0.05) is 17.2 Å². The second-order valence-corrected chi connectivity index (χ2v) is 7.08. The highest BCUT2D eigenvalue weighted by molar-refractivity contribution is 7.98. The molecule has 0 saturated carbocycles. The fourth-order valence-electron chi connectivity index (χ4n) is 2.61. The van der Waals surface area contributed by atoms with Crippen molar-refractivity contribution >= 4 is 17.7 Å². The Bertz CT molecular complexity index is 837. The van der Waals surface area contributed by atoms with Crippen LogP contribution in [0.4, 0.5) is 0 Å². The summed E-state index contributed by atoms with van der Waals surface area (Å²) in [5.74, 6) is 0.778. The van der Waals surface area contributed by atoms with E-state index in [2.05, 4.69) is 17.4 Å². The van der Waals surface area contributed by atoms with Crippen molar-refractivity contribution in [3.63, 3.8) is 0 Å². The van der Waals surface area contributed by atoms with Gasteiger partial charge in [0.1, 0.15) is 0 Å². The summed E-state index contributed by atoms with van der Waals surface area (Å²) in [5.41, 5.74) is 3.08. The smallest absolute Gasteiger partial charge is 0.252 e. The van der Waals surface area contributed by atoms with E-state index in [4.69, 9.17) is 4.74 Å². The molecule has 0 aliphatic heterocycles. The molecule has 138 valence electrons. The molecule has 3 aromatic carbocycles. The van der Waals surface area contributed by atoms with Gasteiger partial charge in [-0.2, -0.15) is 0 Å². The first-order valence-electron chi connectivity index (χ1n) is 8.98. The fourth-order valence-corrected chi connectivity index (χ4v) is 3.62. The van der Waals surface area contributed by atoms with Gasteiger partial charge < -0.3 is 10.1 Å². The Morgan fingerprint density at radius 2 is 1.44 bits per heavy atom. The fraction of sp³-hybridized carbons (Fsp3) is 0.174. The summed E-state index contributed by atoms with van der Waals surface area (Å²) in [7, 11) is 0. The molecule has 0 heterocycles. The molecular weight excluding hydrogens is 354 g/mol. The minimum Gasteiger partial charge on any atom is -0.375 e. The minimum atomic E-state index is -0.0607. The Morgan fingerprint density at radius 1 is 0.815 bits per heavy atom. The van der Waals surface area contributed by atoms with Crippen molar-refractivity contribution in [1.82, 2.24) is 5.32 Å². The molecule has 0 fully saturated rings. The lowest BCUT2D eigenvalue weighted by atomic mass is 10.2. The van der Waals surface area contributed by atoms with Crippen LogP contribution in [-0.4, -0.2) is 19.1 Å². The van der Waals surface area contributed by atoms with Gasteiger partial charge in [0.15, 0.2) is 0 Å². The van der Waals surface area contributed by atoms with Crippen LogP contribution in [0.15, 0.2) is 89.8 Å². The van der Waals surface area contributed by atoms with E-state index >= 15 is 0 Å². The van der Waals surface area contributed by atoms with Crippen molar-refractivity contribution in [3.8, 4) is 0 Å². The van der Waals surface area contributed by atoms with Gasteiger partial charge in [-0.1, -0.05) is 72.8 Å². The predicted octanol–water partition coefficient (Wildman–Crippen LogP) is 4.93. The number of hydrogen-bond donors (Lipinski definition) is 1. The van der Waals surface area contributed by atoms with Crippen LogP contribution in [0.3, 0.4) is 0 Å². The van der Waals surface area contributed by atoms with Crippen molar-refractivity contribution < 1.29 is 9.53 Å². The van der Waals surface area contributed by atoms with Crippen LogP contribution in [0.25, 0.3) is 0 Å². The Labute approximate surface area is 164 Å². The molecule has 0 spiro atoms. The van der Waals surface area contributed by atoms with E-state index in [1.807, 2.05) is 72.8 Å². The lowest BCUT2D eigenvalue weighted by molar-refractivity contribution is 0.0898. The van der Waals surface area contributed by atoms with Crippen LogP contribution in [-0.2, 0) is 17.1 Å². The highest BCUT2D eigenvalue weighted by Crippen LogP contribution is 2.26. The lowest BCUT2D eigenvalue weighted by Crippen LogP contribution is -2.27. The predicted molar refractivity (Wildman–Crippen MR) is 111 cm³/mol. The van der Waals surface area contributed by atoms with Crippen molar-refractivity contribution in [1.29, 1.82) is 0 Å². The number of thioether (sulfide) groups is 1. The molecule has 1 amide bonds. The van der Waals surface area contributed by atoms with Crippen LogP contribution in [0.1, 0.15) is 21.5 Å². The zero-order valence-corrected chi connectivity index (χ0v) is 16.0. The first kappa shape index (κ1) is 19.2. The third-order valence-electron chi connectivity index (χ3n) is 4.01. The average molecular weight is 378 g/mol. The number of amides is 1. The number of nitrogens with one attached hydrogen (secondary N) is 1. The van der Waals surface area contributed by atoms with Gasteiger partial charge in [-0.15, -0.1) is 11.8 Å². The molecule has 0 bridgehead atoms. The molecule has 0 saturated heterocycles. The maximum absolute atomic E-state index is 12.5. The van der Waals surface area contributed by atoms with E-state index in [0.717, 1.165) is 16.2 Å².